The third kappa shape index (κ3) is 24.2. The Bertz CT molecular complexity index is 145. The number of hydrogen-bond acceptors (Lipinski definition) is 6. The molecule has 0 saturated carbocycles. The Morgan fingerprint density at radius 1 is 0.667 bits per heavy atom. The fourth-order valence-corrected chi connectivity index (χ4v) is 0.714. The summed E-state index contributed by atoms with van der Waals surface area (Å²) in [6, 6.07) is 0. The predicted molar refractivity (Wildman–Crippen MR) is 68.1 cm³/mol. The highest BCUT2D eigenvalue weighted by Crippen LogP contribution is 1.77. The molecule has 0 rings (SSSR count). The Morgan fingerprint density at radius 3 is 1.33 bits per heavy atom. The van der Waals surface area contributed by atoms with Gasteiger partial charge in [0.25, 0.3) is 0 Å². The van der Waals surface area contributed by atoms with E-state index in [9.17, 15) is 0 Å². The lowest BCUT2D eigenvalue weighted by Crippen LogP contribution is -2.04. The minimum Gasteiger partial charge on any atom is -0.499 e. The smallest absolute Gasteiger partial charge is 0.111 e. The summed E-state index contributed by atoms with van der Waals surface area (Å²) in [4.78, 5) is 0. The lowest BCUT2D eigenvalue weighted by atomic mass is 10.7. The van der Waals surface area contributed by atoms with Gasteiger partial charge in [-0.2, -0.15) is 0 Å². The van der Waals surface area contributed by atoms with Crippen LogP contribution in [-0.2, 0) is 18.9 Å². The van der Waals surface area contributed by atoms with Crippen LogP contribution < -0.4 is 0 Å². The third-order valence-electron chi connectivity index (χ3n) is 1.40. The third-order valence-corrected chi connectivity index (χ3v) is 1.40. The Morgan fingerprint density at radius 2 is 1.06 bits per heavy atom. The number of rotatable bonds is 12. The van der Waals surface area contributed by atoms with Gasteiger partial charge in [0.05, 0.1) is 52.2 Å². The van der Waals surface area contributed by atoms with Gasteiger partial charge in [0.2, 0.25) is 0 Å². The number of aliphatic hydroxyl groups excluding tert-OH is 2. The molecular weight excluding hydrogens is 240 g/mol. The van der Waals surface area contributed by atoms with Gasteiger partial charge in [-0.05, 0) is 0 Å². The molecule has 0 spiro atoms. The van der Waals surface area contributed by atoms with Gasteiger partial charge >= 0.3 is 0 Å². The Kier molecular flexibility index (Phi) is 22.7. The maximum atomic E-state index is 8.24. The van der Waals surface area contributed by atoms with Crippen LogP contribution in [0.25, 0.3) is 0 Å². The lowest BCUT2D eigenvalue weighted by Gasteiger charge is -2.00. The Labute approximate surface area is 108 Å². The maximum Gasteiger partial charge on any atom is 0.111 e. The van der Waals surface area contributed by atoms with Crippen LogP contribution in [0.15, 0.2) is 25.7 Å². The standard InChI is InChI=1S/2C6H12O3/c2*1-2-8-5-6-9-4-3-7/h2*2,7H,1,3-6H2. The highest BCUT2D eigenvalue weighted by Gasteiger charge is 1.84. The summed E-state index contributed by atoms with van der Waals surface area (Å²) in [5.74, 6) is 0. The van der Waals surface area contributed by atoms with Crippen LogP contribution in [0.1, 0.15) is 0 Å². The van der Waals surface area contributed by atoms with E-state index in [1.807, 2.05) is 0 Å². The first-order chi connectivity index (χ1) is 8.83. The normalized spacial score (nSPS) is 9.00. The van der Waals surface area contributed by atoms with Crippen LogP contribution in [0, 0.1) is 0 Å². The topological polar surface area (TPSA) is 77.4 Å². The average molecular weight is 264 g/mol. The molecule has 108 valence electrons. The van der Waals surface area contributed by atoms with E-state index in [-0.39, 0.29) is 13.2 Å². The fraction of sp³-hybridized carbons (Fsp3) is 0.667. The van der Waals surface area contributed by atoms with Gasteiger partial charge in [-0.3, -0.25) is 0 Å². The molecule has 0 heterocycles. The van der Waals surface area contributed by atoms with Gasteiger partial charge in [0, 0.05) is 0 Å². The Balaban J connectivity index is 0. The molecule has 0 aromatic carbocycles. The minimum absolute atomic E-state index is 0.0636. The van der Waals surface area contributed by atoms with Crippen molar-refractivity contribution in [3.05, 3.63) is 25.7 Å². The fourth-order valence-electron chi connectivity index (χ4n) is 0.714. The van der Waals surface area contributed by atoms with Crippen molar-refractivity contribution in [1.82, 2.24) is 0 Å². The predicted octanol–water partition coefficient (Wildman–Crippen LogP) is 0.311. The molecule has 18 heavy (non-hydrogen) atoms. The SMILES string of the molecule is C=COCCOCCO.C=COCCOCCO. The summed E-state index contributed by atoms with van der Waals surface area (Å²) >= 11 is 0. The van der Waals surface area contributed by atoms with Crippen LogP contribution in [0.2, 0.25) is 0 Å². The lowest BCUT2D eigenvalue weighted by molar-refractivity contribution is 0.0602. The van der Waals surface area contributed by atoms with Crippen molar-refractivity contribution in [3.63, 3.8) is 0 Å². The van der Waals surface area contributed by atoms with Crippen LogP contribution in [0.4, 0.5) is 0 Å². The van der Waals surface area contributed by atoms with Gasteiger partial charge in [0.1, 0.15) is 13.2 Å². The average Bonchev–Trinajstić information content (AvgIpc) is 2.39. The molecule has 0 aromatic heterocycles. The van der Waals surface area contributed by atoms with Crippen molar-refractivity contribution < 1.29 is 29.2 Å². The second-order valence-corrected chi connectivity index (χ2v) is 2.75. The van der Waals surface area contributed by atoms with Crippen LogP contribution in [0.5, 0.6) is 0 Å². The Hall–Kier alpha value is -1.08. The largest absolute Gasteiger partial charge is 0.499 e. The molecule has 0 aliphatic heterocycles. The molecule has 0 aromatic rings. The summed E-state index contributed by atoms with van der Waals surface area (Å²) in [6.07, 6.45) is 2.73. The molecule has 6 heteroatoms. The molecule has 0 radical (unpaired) electrons. The van der Waals surface area contributed by atoms with Gasteiger partial charge in [0.15, 0.2) is 0 Å². The monoisotopic (exact) mass is 264 g/mol. The zero-order valence-corrected chi connectivity index (χ0v) is 10.8. The first-order valence-electron chi connectivity index (χ1n) is 5.65. The van der Waals surface area contributed by atoms with E-state index in [0.717, 1.165) is 0 Å². The van der Waals surface area contributed by atoms with Gasteiger partial charge in [-0.1, -0.05) is 13.2 Å². The molecule has 2 N–H and O–H groups in total. The van der Waals surface area contributed by atoms with Crippen molar-refractivity contribution in [3.8, 4) is 0 Å². The first kappa shape index (κ1) is 19.3. The van der Waals surface area contributed by atoms with Crippen LogP contribution in [-0.4, -0.2) is 63.1 Å². The molecule has 0 unspecified atom stereocenters. The highest BCUT2D eigenvalue weighted by atomic mass is 16.5. The van der Waals surface area contributed by atoms with E-state index in [0.29, 0.717) is 39.6 Å². The van der Waals surface area contributed by atoms with Gasteiger partial charge in [-0.15, -0.1) is 0 Å². The molecular formula is C12H24O6. The summed E-state index contributed by atoms with van der Waals surface area (Å²) < 4.78 is 19.2. The zero-order chi connectivity index (χ0) is 13.9. The van der Waals surface area contributed by atoms with Crippen LogP contribution >= 0.6 is 0 Å². The van der Waals surface area contributed by atoms with E-state index in [4.69, 9.17) is 29.2 Å². The maximum absolute atomic E-state index is 8.24. The van der Waals surface area contributed by atoms with E-state index >= 15 is 0 Å². The molecule has 0 fully saturated rings. The summed E-state index contributed by atoms with van der Waals surface area (Å²) in [5, 5.41) is 16.5. The van der Waals surface area contributed by atoms with Crippen molar-refractivity contribution in [2.75, 3.05) is 52.9 Å². The zero-order valence-electron chi connectivity index (χ0n) is 10.8. The van der Waals surface area contributed by atoms with E-state index in [1.165, 1.54) is 12.5 Å². The molecule has 0 bridgehead atoms. The molecule has 0 amide bonds. The molecule has 6 nitrogen and oxygen atoms in total. The number of ether oxygens (including phenoxy) is 4. The van der Waals surface area contributed by atoms with E-state index < -0.39 is 0 Å². The first-order valence-corrected chi connectivity index (χ1v) is 5.65. The second kappa shape index (κ2) is 21.2. The van der Waals surface area contributed by atoms with Crippen LogP contribution in [0.3, 0.4) is 0 Å². The summed E-state index contributed by atoms with van der Waals surface area (Å²) in [7, 11) is 0. The summed E-state index contributed by atoms with van der Waals surface area (Å²) in [6.45, 7) is 9.60. The van der Waals surface area contributed by atoms with Crippen molar-refractivity contribution >= 4 is 0 Å². The summed E-state index contributed by atoms with van der Waals surface area (Å²) in [5.41, 5.74) is 0. The quantitative estimate of drug-likeness (QED) is 0.390. The van der Waals surface area contributed by atoms with Gasteiger partial charge in [-0.25, -0.2) is 0 Å². The molecule has 0 aliphatic carbocycles. The van der Waals surface area contributed by atoms with E-state index in [1.54, 1.807) is 0 Å². The molecule has 0 atom stereocenters. The van der Waals surface area contributed by atoms with Crippen molar-refractivity contribution in [1.29, 1.82) is 0 Å². The van der Waals surface area contributed by atoms with Crippen molar-refractivity contribution in [2.24, 2.45) is 0 Å². The highest BCUT2D eigenvalue weighted by molar-refractivity contribution is 4.48. The number of hydrogen-bond donors (Lipinski definition) is 2. The second-order valence-electron chi connectivity index (χ2n) is 2.75. The molecule has 0 saturated heterocycles. The minimum atomic E-state index is 0.0636. The van der Waals surface area contributed by atoms with E-state index in [2.05, 4.69) is 13.2 Å². The molecule has 0 aliphatic rings. The number of aliphatic hydroxyl groups is 2. The van der Waals surface area contributed by atoms with Gasteiger partial charge < -0.3 is 29.2 Å². The van der Waals surface area contributed by atoms with Crippen molar-refractivity contribution in [2.45, 2.75) is 0 Å².